The van der Waals surface area contributed by atoms with Crippen molar-refractivity contribution < 1.29 is 9.53 Å². The van der Waals surface area contributed by atoms with E-state index < -0.39 is 0 Å². The molecule has 1 aromatic heterocycles. The highest BCUT2D eigenvalue weighted by Crippen LogP contribution is 2.17. The quantitative estimate of drug-likeness (QED) is 0.821. The number of carbonyl (C=O) groups is 1. The molecule has 1 N–H and O–H groups in total. The van der Waals surface area contributed by atoms with E-state index in [9.17, 15) is 4.79 Å². The van der Waals surface area contributed by atoms with Crippen molar-refractivity contribution in [1.82, 2.24) is 10.3 Å². The Morgan fingerprint density at radius 3 is 2.50 bits per heavy atom. The van der Waals surface area contributed by atoms with Crippen LogP contribution in [0.3, 0.4) is 0 Å². The average Bonchev–Trinajstić information content (AvgIpc) is 2.15. The smallest absolute Gasteiger partial charge is 0.339 e. The van der Waals surface area contributed by atoms with Crippen molar-refractivity contribution >= 4 is 30.8 Å². The van der Waals surface area contributed by atoms with Crippen LogP contribution >= 0.6 is 24.8 Å². The van der Waals surface area contributed by atoms with Crippen LogP contribution in [0.4, 0.5) is 0 Å². The number of aromatic nitrogens is 1. The van der Waals surface area contributed by atoms with E-state index in [1.165, 1.54) is 7.11 Å². The third kappa shape index (κ3) is 3.07. The summed E-state index contributed by atoms with van der Waals surface area (Å²) in [6, 6.07) is 3.64. The molecule has 0 unspecified atom stereocenters. The minimum absolute atomic E-state index is 0. The fourth-order valence-corrected chi connectivity index (χ4v) is 1.38. The molecule has 16 heavy (non-hydrogen) atoms. The van der Waals surface area contributed by atoms with Crippen LogP contribution in [0.25, 0.3) is 0 Å². The topological polar surface area (TPSA) is 51.2 Å². The predicted molar refractivity (Wildman–Crippen MR) is 65.7 cm³/mol. The molecular formula is C10H14Cl2N2O2. The van der Waals surface area contributed by atoms with Crippen molar-refractivity contribution in [3.8, 4) is 0 Å². The maximum absolute atomic E-state index is 11.1. The average molecular weight is 265 g/mol. The number of ether oxygens (including phenoxy) is 1. The van der Waals surface area contributed by atoms with E-state index in [0.717, 1.165) is 18.8 Å². The van der Waals surface area contributed by atoms with Crippen LogP contribution in [0.2, 0.25) is 0 Å². The zero-order valence-electron chi connectivity index (χ0n) is 8.80. The molecule has 0 amide bonds. The zero-order valence-corrected chi connectivity index (χ0v) is 10.4. The summed E-state index contributed by atoms with van der Waals surface area (Å²) < 4.78 is 4.59. The number of pyridine rings is 1. The lowest BCUT2D eigenvalue weighted by atomic mass is 9.98. The van der Waals surface area contributed by atoms with E-state index in [0.29, 0.717) is 11.5 Å². The Balaban J connectivity index is 0.00000112. The van der Waals surface area contributed by atoms with Gasteiger partial charge in [0, 0.05) is 30.9 Å². The molecule has 0 aromatic carbocycles. The molecule has 0 spiro atoms. The second-order valence-corrected chi connectivity index (χ2v) is 3.32. The molecule has 0 atom stereocenters. The molecule has 0 saturated carbocycles. The first-order valence-electron chi connectivity index (χ1n) is 4.56. The van der Waals surface area contributed by atoms with Crippen LogP contribution in [0.5, 0.6) is 0 Å². The molecule has 1 aliphatic rings. The van der Waals surface area contributed by atoms with Crippen LogP contribution in [-0.4, -0.2) is 31.2 Å². The van der Waals surface area contributed by atoms with Crippen molar-refractivity contribution in [2.24, 2.45) is 0 Å². The maximum atomic E-state index is 11.1. The molecule has 90 valence electrons. The highest BCUT2D eigenvalue weighted by atomic mass is 35.5. The summed E-state index contributed by atoms with van der Waals surface area (Å²) in [4.78, 5) is 15.3. The first kappa shape index (κ1) is 15.2. The van der Waals surface area contributed by atoms with E-state index in [2.05, 4.69) is 15.0 Å². The third-order valence-corrected chi connectivity index (χ3v) is 2.41. The summed E-state index contributed by atoms with van der Waals surface area (Å²) in [6.07, 6.45) is 1.57. The largest absolute Gasteiger partial charge is 0.465 e. The number of nitrogens with one attached hydrogen (secondary N) is 1. The zero-order chi connectivity index (χ0) is 9.97. The number of rotatable bonds is 2. The lowest BCUT2D eigenvalue weighted by Gasteiger charge is -2.26. The Bertz CT molecular complexity index is 339. The highest BCUT2D eigenvalue weighted by Gasteiger charge is 2.20. The summed E-state index contributed by atoms with van der Waals surface area (Å²) in [6.45, 7) is 1.95. The number of hydrogen-bond acceptors (Lipinski definition) is 4. The second kappa shape index (κ2) is 6.68. The maximum Gasteiger partial charge on any atom is 0.339 e. The van der Waals surface area contributed by atoms with Crippen LogP contribution in [0, 0.1) is 0 Å². The summed E-state index contributed by atoms with van der Waals surface area (Å²) >= 11 is 0. The van der Waals surface area contributed by atoms with Gasteiger partial charge in [0.25, 0.3) is 0 Å². The van der Waals surface area contributed by atoms with Crippen molar-refractivity contribution in [3.63, 3.8) is 0 Å². The van der Waals surface area contributed by atoms with E-state index in [1.807, 2.05) is 6.07 Å². The first-order chi connectivity index (χ1) is 6.81. The molecule has 4 nitrogen and oxygen atoms in total. The molecule has 6 heteroatoms. The van der Waals surface area contributed by atoms with Gasteiger partial charge in [-0.1, -0.05) is 0 Å². The number of nitrogens with zero attached hydrogens (tertiary/aromatic N) is 1. The fraction of sp³-hybridized carbons (Fsp3) is 0.400. The minimum atomic E-state index is -0.337. The standard InChI is InChI=1S/C10H12N2O2.2ClH/c1-14-10(13)7-2-3-9(12-6-7)8-4-11-5-8;;/h2-3,6,8,11H,4-5H2,1H3;2*1H. The minimum Gasteiger partial charge on any atom is -0.465 e. The van der Waals surface area contributed by atoms with Gasteiger partial charge in [-0.05, 0) is 12.1 Å². The summed E-state index contributed by atoms with van der Waals surface area (Å²) in [5, 5.41) is 3.18. The van der Waals surface area contributed by atoms with E-state index in [4.69, 9.17) is 0 Å². The predicted octanol–water partition coefficient (Wildman–Crippen LogP) is 1.40. The molecule has 1 fully saturated rings. The Labute approximate surface area is 107 Å². The van der Waals surface area contributed by atoms with Crippen LogP contribution < -0.4 is 5.32 Å². The van der Waals surface area contributed by atoms with Gasteiger partial charge in [-0.15, -0.1) is 24.8 Å². The molecule has 2 heterocycles. The van der Waals surface area contributed by atoms with Gasteiger partial charge >= 0.3 is 5.97 Å². The summed E-state index contributed by atoms with van der Waals surface area (Å²) in [7, 11) is 1.37. The second-order valence-electron chi connectivity index (χ2n) is 3.32. The Morgan fingerprint density at radius 1 is 1.44 bits per heavy atom. The van der Waals surface area contributed by atoms with Crippen LogP contribution in [0.15, 0.2) is 18.3 Å². The number of methoxy groups -OCH3 is 1. The molecular weight excluding hydrogens is 251 g/mol. The first-order valence-corrected chi connectivity index (χ1v) is 4.56. The number of hydrogen-bond donors (Lipinski definition) is 1. The van der Waals surface area contributed by atoms with E-state index in [1.54, 1.807) is 12.3 Å². The molecule has 0 radical (unpaired) electrons. The van der Waals surface area contributed by atoms with E-state index >= 15 is 0 Å². The number of carbonyl (C=O) groups excluding carboxylic acids is 1. The molecule has 2 rings (SSSR count). The van der Waals surface area contributed by atoms with Gasteiger partial charge in [0.15, 0.2) is 0 Å². The summed E-state index contributed by atoms with van der Waals surface area (Å²) in [5.74, 6) is 0.164. The number of esters is 1. The lowest BCUT2D eigenvalue weighted by molar-refractivity contribution is 0.0600. The van der Waals surface area contributed by atoms with Gasteiger partial charge in [0.2, 0.25) is 0 Å². The van der Waals surface area contributed by atoms with Crippen molar-refractivity contribution in [2.45, 2.75) is 5.92 Å². The summed E-state index contributed by atoms with van der Waals surface area (Å²) in [5.41, 5.74) is 1.54. The monoisotopic (exact) mass is 264 g/mol. The Morgan fingerprint density at radius 2 is 2.12 bits per heavy atom. The van der Waals surface area contributed by atoms with Crippen molar-refractivity contribution in [2.75, 3.05) is 20.2 Å². The SMILES string of the molecule is COC(=O)c1ccc(C2CNC2)nc1.Cl.Cl. The van der Waals surface area contributed by atoms with Gasteiger partial charge in [-0.3, -0.25) is 4.98 Å². The molecule has 1 aromatic rings. The fourth-order valence-electron chi connectivity index (χ4n) is 1.38. The normalized spacial score (nSPS) is 14.1. The van der Waals surface area contributed by atoms with Gasteiger partial charge in [0.05, 0.1) is 12.7 Å². The van der Waals surface area contributed by atoms with Crippen LogP contribution in [-0.2, 0) is 4.74 Å². The molecule has 0 bridgehead atoms. The van der Waals surface area contributed by atoms with E-state index in [-0.39, 0.29) is 30.8 Å². The van der Waals surface area contributed by atoms with Gasteiger partial charge < -0.3 is 10.1 Å². The van der Waals surface area contributed by atoms with Gasteiger partial charge in [0.1, 0.15) is 0 Å². The lowest BCUT2D eigenvalue weighted by Crippen LogP contribution is -2.40. The van der Waals surface area contributed by atoms with Gasteiger partial charge in [-0.25, -0.2) is 4.79 Å². The third-order valence-electron chi connectivity index (χ3n) is 2.41. The Hall–Kier alpha value is -0.840. The van der Waals surface area contributed by atoms with Crippen molar-refractivity contribution in [3.05, 3.63) is 29.6 Å². The Kier molecular flexibility index (Phi) is 6.33. The van der Waals surface area contributed by atoms with Crippen molar-refractivity contribution in [1.29, 1.82) is 0 Å². The van der Waals surface area contributed by atoms with Gasteiger partial charge in [-0.2, -0.15) is 0 Å². The molecule has 1 saturated heterocycles. The highest BCUT2D eigenvalue weighted by molar-refractivity contribution is 5.88. The van der Waals surface area contributed by atoms with Crippen LogP contribution in [0.1, 0.15) is 22.0 Å². The number of halogens is 2. The molecule has 1 aliphatic heterocycles. The molecule has 0 aliphatic carbocycles.